The van der Waals surface area contributed by atoms with E-state index in [1.165, 1.54) is 4.52 Å². The van der Waals surface area contributed by atoms with Gasteiger partial charge in [0.15, 0.2) is 0 Å². The smallest absolute Gasteiger partial charge is 0.257 e. The van der Waals surface area contributed by atoms with Crippen LogP contribution in [0.1, 0.15) is 11.3 Å². The number of hydrogen-bond donors (Lipinski definition) is 2. The third kappa shape index (κ3) is 1.62. The molecule has 0 unspecified atom stereocenters. The molecule has 0 aliphatic heterocycles. The summed E-state index contributed by atoms with van der Waals surface area (Å²) in [6, 6.07) is 9.65. The van der Waals surface area contributed by atoms with Crippen LogP contribution in [0.4, 0.5) is 0 Å². The van der Waals surface area contributed by atoms with Crippen molar-refractivity contribution in [2.45, 2.75) is 13.8 Å². The van der Waals surface area contributed by atoms with Gasteiger partial charge in [-0.25, -0.2) is 0 Å². The highest BCUT2D eigenvalue weighted by atomic mass is 16.3. The van der Waals surface area contributed by atoms with Crippen LogP contribution in [0.15, 0.2) is 35.1 Å². The van der Waals surface area contributed by atoms with Crippen LogP contribution in [0.2, 0.25) is 0 Å². The molecule has 0 saturated carbocycles. The second kappa shape index (κ2) is 3.98. The molecule has 0 amide bonds. The average Bonchev–Trinajstić information content (AvgIpc) is 2.74. The molecule has 2 aromatic heterocycles. The molecule has 3 rings (SSSR count). The zero-order chi connectivity index (χ0) is 13.6. The number of aromatic amines is 1. The molecule has 0 radical (unpaired) electrons. The van der Waals surface area contributed by atoms with E-state index in [9.17, 15) is 9.90 Å². The van der Waals surface area contributed by atoms with Crippen molar-refractivity contribution in [2.75, 3.05) is 0 Å². The maximum atomic E-state index is 11.8. The van der Waals surface area contributed by atoms with Crippen molar-refractivity contribution in [1.29, 1.82) is 0 Å². The molecular formula is C14H13N3O2. The van der Waals surface area contributed by atoms with Gasteiger partial charge < -0.3 is 10.1 Å². The minimum absolute atomic E-state index is 0.121. The number of fused-ring (bicyclic) bond motifs is 1. The van der Waals surface area contributed by atoms with Gasteiger partial charge in [-0.15, -0.1) is 0 Å². The van der Waals surface area contributed by atoms with E-state index in [0.717, 1.165) is 16.8 Å². The number of nitrogens with zero attached hydrogens (tertiary/aromatic N) is 2. The molecule has 5 heteroatoms. The minimum atomic E-state index is -0.304. The Kier molecular flexibility index (Phi) is 2.41. The summed E-state index contributed by atoms with van der Waals surface area (Å²) >= 11 is 0. The number of benzene rings is 1. The van der Waals surface area contributed by atoms with Gasteiger partial charge in [-0.1, -0.05) is 30.3 Å². The first-order chi connectivity index (χ1) is 9.09. The van der Waals surface area contributed by atoms with Crippen molar-refractivity contribution in [3.05, 3.63) is 51.9 Å². The van der Waals surface area contributed by atoms with E-state index < -0.39 is 0 Å². The van der Waals surface area contributed by atoms with Gasteiger partial charge in [-0.2, -0.15) is 9.61 Å². The number of nitrogens with one attached hydrogen (secondary N) is 1. The molecule has 96 valence electrons. The summed E-state index contributed by atoms with van der Waals surface area (Å²) in [5, 5.41) is 14.3. The molecule has 19 heavy (non-hydrogen) atoms. The Balaban J connectivity index is 2.45. The predicted octanol–water partition coefficient (Wildman–Crippen LogP) is 2.01. The van der Waals surface area contributed by atoms with Crippen molar-refractivity contribution in [1.82, 2.24) is 14.6 Å². The van der Waals surface area contributed by atoms with Crippen molar-refractivity contribution in [3.8, 4) is 17.0 Å². The van der Waals surface area contributed by atoms with Crippen LogP contribution in [-0.4, -0.2) is 19.7 Å². The van der Waals surface area contributed by atoms with Crippen molar-refractivity contribution in [3.63, 3.8) is 0 Å². The minimum Gasteiger partial charge on any atom is -0.493 e. The zero-order valence-corrected chi connectivity index (χ0v) is 10.6. The van der Waals surface area contributed by atoms with Crippen LogP contribution in [0, 0.1) is 13.8 Å². The Morgan fingerprint density at radius 1 is 1.21 bits per heavy atom. The lowest BCUT2D eigenvalue weighted by atomic mass is 10.1. The lowest BCUT2D eigenvalue weighted by Crippen LogP contribution is -2.12. The van der Waals surface area contributed by atoms with Crippen LogP contribution in [0.25, 0.3) is 16.8 Å². The van der Waals surface area contributed by atoms with Crippen LogP contribution in [-0.2, 0) is 0 Å². The van der Waals surface area contributed by atoms with E-state index in [-0.39, 0.29) is 17.0 Å². The monoisotopic (exact) mass is 255 g/mol. The van der Waals surface area contributed by atoms with Gasteiger partial charge >= 0.3 is 0 Å². The van der Waals surface area contributed by atoms with Crippen LogP contribution >= 0.6 is 0 Å². The molecule has 1 aromatic carbocycles. The van der Waals surface area contributed by atoms with E-state index in [1.807, 2.05) is 37.3 Å². The van der Waals surface area contributed by atoms with Crippen LogP contribution < -0.4 is 5.56 Å². The van der Waals surface area contributed by atoms with Gasteiger partial charge in [0.1, 0.15) is 5.65 Å². The summed E-state index contributed by atoms with van der Waals surface area (Å²) in [5.41, 5.74) is 3.00. The Hall–Kier alpha value is -2.56. The quantitative estimate of drug-likeness (QED) is 0.698. The van der Waals surface area contributed by atoms with Crippen LogP contribution in [0.3, 0.4) is 0 Å². The molecule has 0 aliphatic rings. The highest BCUT2D eigenvalue weighted by Gasteiger charge is 2.16. The fraction of sp³-hybridized carbons (Fsp3) is 0.143. The average molecular weight is 255 g/mol. The lowest BCUT2D eigenvalue weighted by Gasteiger charge is -2.03. The van der Waals surface area contributed by atoms with Crippen LogP contribution in [0.5, 0.6) is 5.88 Å². The standard InChI is InChI=1S/C14H13N3O2/c1-8-13(18)15-12-11(10-6-4-3-5-7-10)9(2)16-17(12)14(8)19/h3-7,19H,1-2H3,(H,15,18). The Labute approximate surface area is 109 Å². The highest BCUT2D eigenvalue weighted by Crippen LogP contribution is 2.28. The summed E-state index contributed by atoms with van der Waals surface area (Å²) < 4.78 is 1.37. The largest absolute Gasteiger partial charge is 0.493 e. The van der Waals surface area contributed by atoms with E-state index in [2.05, 4.69) is 10.1 Å². The first-order valence-electron chi connectivity index (χ1n) is 5.96. The molecule has 3 aromatic rings. The fourth-order valence-corrected chi connectivity index (χ4v) is 2.21. The lowest BCUT2D eigenvalue weighted by molar-refractivity contribution is 0.429. The molecule has 0 saturated heterocycles. The maximum absolute atomic E-state index is 11.8. The molecule has 0 bridgehead atoms. The van der Waals surface area contributed by atoms with Crippen molar-refractivity contribution >= 4 is 5.65 Å². The third-order valence-corrected chi connectivity index (χ3v) is 3.23. The maximum Gasteiger partial charge on any atom is 0.257 e. The van der Waals surface area contributed by atoms with Gasteiger partial charge in [0, 0.05) is 5.56 Å². The molecule has 0 fully saturated rings. The normalized spacial score (nSPS) is 11.1. The van der Waals surface area contributed by atoms with E-state index in [4.69, 9.17) is 0 Å². The zero-order valence-electron chi connectivity index (χ0n) is 10.6. The predicted molar refractivity (Wildman–Crippen MR) is 72.4 cm³/mol. The van der Waals surface area contributed by atoms with Gasteiger partial charge in [0.25, 0.3) is 5.56 Å². The molecule has 2 heterocycles. The number of rotatable bonds is 1. The Morgan fingerprint density at radius 3 is 2.58 bits per heavy atom. The van der Waals surface area contributed by atoms with Gasteiger partial charge in [0.2, 0.25) is 5.88 Å². The first kappa shape index (κ1) is 11.5. The molecule has 0 atom stereocenters. The number of hydrogen-bond acceptors (Lipinski definition) is 3. The summed E-state index contributed by atoms with van der Waals surface area (Å²) in [7, 11) is 0. The molecule has 5 nitrogen and oxygen atoms in total. The summed E-state index contributed by atoms with van der Waals surface area (Å²) in [5.74, 6) is -0.121. The topological polar surface area (TPSA) is 70.4 Å². The Bertz CT molecular complexity index is 816. The fourth-order valence-electron chi connectivity index (χ4n) is 2.21. The second-order valence-corrected chi connectivity index (χ2v) is 4.49. The van der Waals surface area contributed by atoms with Gasteiger partial charge in [-0.3, -0.25) is 4.79 Å². The third-order valence-electron chi connectivity index (χ3n) is 3.23. The molecule has 2 N–H and O–H groups in total. The first-order valence-corrected chi connectivity index (χ1v) is 5.96. The summed E-state index contributed by atoms with van der Waals surface area (Å²) in [6.45, 7) is 3.41. The number of aromatic hydroxyl groups is 1. The molecule has 0 aliphatic carbocycles. The van der Waals surface area contributed by atoms with E-state index >= 15 is 0 Å². The SMILES string of the molecule is Cc1nn2c(O)c(C)c(=O)[nH]c2c1-c1ccccc1. The van der Waals surface area contributed by atoms with Crippen molar-refractivity contribution < 1.29 is 5.11 Å². The van der Waals surface area contributed by atoms with Crippen molar-refractivity contribution in [2.24, 2.45) is 0 Å². The number of H-pyrrole nitrogens is 1. The van der Waals surface area contributed by atoms with Gasteiger partial charge in [0.05, 0.1) is 11.3 Å². The van der Waals surface area contributed by atoms with E-state index in [1.54, 1.807) is 6.92 Å². The highest BCUT2D eigenvalue weighted by molar-refractivity contribution is 5.80. The summed E-state index contributed by atoms with van der Waals surface area (Å²) in [4.78, 5) is 14.6. The number of aryl methyl sites for hydroxylation is 1. The van der Waals surface area contributed by atoms with Gasteiger partial charge in [-0.05, 0) is 19.4 Å². The van der Waals surface area contributed by atoms with E-state index in [0.29, 0.717) is 5.65 Å². The molecular weight excluding hydrogens is 242 g/mol. The summed E-state index contributed by atoms with van der Waals surface area (Å²) in [6.07, 6.45) is 0. The Morgan fingerprint density at radius 2 is 1.89 bits per heavy atom. The second-order valence-electron chi connectivity index (χ2n) is 4.49. The number of aromatic nitrogens is 3. The molecule has 0 spiro atoms.